The molecule has 9 heteroatoms. The minimum Gasteiger partial charge on any atom is -0.361 e. The Labute approximate surface area is 163 Å². The van der Waals surface area contributed by atoms with Crippen molar-refractivity contribution in [3.8, 4) is 0 Å². The van der Waals surface area contributed by atoms with Crippen molar-refractivity contribution >= 4 is 5.91 Å². The molecule has 0 N–H and O–H groups in total. The van der Waals surface area contributed by atoms with Crippen LogP contribution in [0.2, 0.25) is 0 Å². The van der Waals surface area contributed by atoms with Crippen molar-refractivity contribution in [2.75, 3.05) is 13.1 Å². The third-order valence-corrected chi connectivity index (χ3v) is 5.27. The predicted molar refractivity (Wildman–Crippen MR) is 101 cm³/mol. The van der Waals surface area contributed by atoms with E-state index in [1.807, 2.05) is 28.7 Å². The highest BCUT2D eigenvalue weighted by Gasteiger charge is 2.28. The molecule has 4 heterocycles. The van der Waals surface area contributed by atoms with Crippen molar-refractivity contribution in [2.24, 2.45) is 0 Å². The lowest BCUT2D eigenvalue weighted by Gasteiger charge is -2.31. The summed E-state index contributed by atoms with van der Waals surface area (Å²) in [5.41, 5.74) is 0.798. The number of rotatable bonds is 6. The summed E-state index contributed by atoms with van der Waals surface area (Å²) in [4.78, 5) is 18.5. The highest BCUT2D eigenvalue weighted by atomic mass is 16.5. The Morgan fingerprint density at radius 1 is 1.29 bits per heavy atom. The first-order chi connectivity index (χ1) is 13.6. The Kier molecular flexibility index (Phi) is 5.23. The van der Waals surface area contributed by atoms with Gasteiger partial charge in [-0.15, -0.1) is 10.2 Å². The molecule has 1 amide bonds. The molecule has 4 rings (SSSR count). The first-order valence-corrected chi connectivity index (χ1v) is 9.71. The fraction of sp³-hybridized carbons (Fsp3) is 0.526. The van der Waals surface area contributed by atoms with E-state index in [-0.39, 0.29) is 12.3 Å². The van der Waals surface area contributed by atoms with Crippen LogP contribution < -0.4 is 0 Å². The maximum atomic E-state index is 12.5. The smallest absolute Gasteiger partial charge is 0.230 e. The van der Waals surface area contributed by atoms with E-state index in [9.17, 15) is 4.79 Å². The molecule has 0 radical (unpaired) electrons. The molecule has 0 spiro atoms. The minimum atomic E-state index is 0.0901. The lowest BCUT2D eigenvalue weighted by atomic mass is 9.95. The van der Waals surface area contributed by atoms with Crippen LogP contribution in [0.3, 0.4) is 0 Å². The summed E-state index contributed by atoms with van der Waals surface area (Å²) in [5, 5.41) is 12.7. The van der Waals surface area contributed by atoms with Gasteiger partial charge in [-0.3, -0.25) is 4.79 Å². The number of piperidine rings is 1. The number of imidazole rings is 1. The van der Waals surface area contributed by atoms with E-state index in [0.717, 1.165) is 49.8 Å². The van der Waals surface area contributed by atoms with Gasteiger partial charge in [0.05, 0.1) is 25.0 Å². The van der Waals surface area contributed by atoms with Gasteiger partial charge in [0, 0.05) is 44.0 Å². The van der Waals surface area contributed by atoms with Crippen LogP contribution in [-0.2, 0) is 24.3 Å². The topological polar surface area (TPSA) is 94.9 Å². The quantitative estimate of drug-likeness (QED) is 0.644. The van der Waals surface area contributed by atoms with Gasteiger partial charge in [0.25, 0.3) is 0 Å². The third-order valence-electron chi connectivity index (χ3n) is 5.27. The minimum absolute atomic E-state index is 0.0901. The Morgan fingerprint density at radius 2 is 2.11 bits per heavy atom. The summed E-state index contributed by atoms with van der Waals surface area (Å²) in [6.07, 6.45) is 7.53. The lowest BCUT2D eigenvalue weighted by Crippen LogP contribution is -2.39. The van der Waals surface area contributed by atoms with E-state index < -0.39 is 0 Å². The van der Waals surface area contributed by atoms with E-state index in [4.69, 9.17) is 4.52 Å². The van der Waals surface area contributed by atoms with Crippen molar-refractivity contribution in [1.29, 1.82) is 0 Å². The molecule has 1 aliphatic rings. The molecule has 28 heavy (non-hydrogen) atoms. The number of amides is 1. The van der Waals surface area contributed by atoms with Gasteiger partial charge < -0.3 is 18.6 Å². The summed E-state index contributed by atoms with van der Waals surface area (Å²) >= 11 is 0. The zero-order valence-corrected chi connectivity index (χ0v) is 16.3. The van der Waals surface area contributed by atoms with E-state index in [0.29, 0.717) is 18.2 Å². The molecule has 3 aromatic heterocycles. The van der Waals surface area contributed by atoms with Crippen molar-refractivity contribution in [1.82, 2.24) is 34.4 Å². The highest BCUT2D eigenvalue weighted by molar-refractivity contribution is 5.78. The van der Waals surface area contributed by atoms with E-state index in [1.54, 1.807) is 12.5 Å². The molecular formula is C19H25N7O2. The van der Waals surface area contributed by atoms with Gasteiger partial charge in [0.15, 0.2) is 5.82 Å². The number of aryl methyl sites for hydroxylation is 1. The Hall–Kier alpha value is -2.97. The monoisotopic (exact) mass is 383 g/mol. The van der Waals surface area contributed by atoms with Crippen LogP contribution in [-0.4, -0.2) is 53.4 Å². The molecule has 0 aromatic carbocycles. The summed E-state index contributed by atoms with van der Waals surface area (Å²) < 4.78 is 9.35. The van der Waals surface area contributed by atoms with Gasteiger partial charge in [-0.1, -0.05) is 5.16 Å². The predicted octanol–water partition coefficient (Wildman–Crippen LogP) is 1.79. The Balaban J connectivity index is 1.38. The molecule has 0 bridgehead atoms. The van der Waals surface area contributed by atoms with Crippen LogP contribution in [0.5, 0.6) is 0 Å². The van der Waals surface area contributed by atoms with Crippen molar-refractivity contribution in [3.63, 3.8) is 0 Å². The van der Waals surface area contributed by atoms with Gasteiger partial charge in [-0.05, 0) is 26.7 Å². The summed E-state index contributed by atoms with van der Waals surface area (Å²) in [6.45, 7) is 6.91. The maximum absolute atomic E-state index is 12.5. The summed E-state index contributed by atoms with van der Waals surface area (Å²) in [6, 6.07) is 1.82. The second kappa shape index (κ2) is 7.95. The number of carbonyl (C=O) groups excluding carboxylic acids is 1. The highest BCUT2D eigenvalue weighted by Crippen LogP contribution is 2.28. The summed E-state index contributed by atoms with van der Waals surface area (Å²) in [5.74, 6) is 3.00. The number of hydrogen-bond donors (Lipinski definition) is 0. The first-order valence-electron chi connectivity index (χ1n) is 9.71. The molecule has 0 unspecified atom stereocenters. The Bertz CT molecular complexity index is 920. The zero-order chi connectivity index (χ0) is 19.5. The molecule has 3 aromatic rings. The van der Waals surface area contributed by atoms with Gasteiger partial charge >= 0.3 is 0 Å². The van der Waals surface area contributed by atoms with Gasteiger partial charge in [0.2, 0.25) is 5.91 Å². The standard InChI is InChI=1S/C19H25N7O2/c1-3-26-17(12-24-9-6-20-13-24)21-22-19(26)15-4-7-25(8-5-15)18(27)11-16-10-14(2)23-28-16/h6,9-10,13,15H,3-5,7-8,11-12H2,1-2H3. The number of aromatic nitrogens is 6. The summed E-state index contributed by atoms with van der Waals surface area (Å²) in [7, 11) is 0. The van der Waals surface area contributed by atoms with Gasteiger partial charge in [0.1, 0.15) is 11.6 Å². The molecule has 0 saturated carbocycles. The average Bonchev–Trinajstić information content (AvgIpc) is 3.44. The fourth-order valence-corrected chi connectivity index (χ4v) is 3.80. The van der Waals surface area contributed by atoms with Crippen molar-refractivity contribution in [3.05, 3.63) is 47.9 Å². The van der Waals surface area contributed by atoms with Gasteiger partial charge in [-0.2, -0.15) is 0 Å². The largest absolute Gasteiger partial charge is 0.361 e. The van der Waals surface area contributed by atoms with Crippen LogP contribution in [0, 0.1) is 6.92 Å². The third kappa shape index (κ3) is 3.83. The normalized spacial score (nSPS) is 15.3. The second-order valence-corrected chi connectivity index (χ2v) is 7.22. The van der Waals surface area contributed by atoms with E-state index >= 15 is 0 Å². The lowest BCUT2D eigenvalue weighted by molar-refractivity contribution is -0.131. The second-order valence-electron chi connectivity index (χ2n) is 7.22. The van der Waals surface area contributed by atoms with Crippen LogP contribution in [0.15, 0.2) is 29.3 Å². The molecule has 1 saturated heterocycles. The van der Waals surface area contributed by atoms with Gasteiger partial charge in [-0.25, -0.2) is 4.98 Å². The average molecular weight is 383 g/mol. The van der Waals surface area contributed by atoms with E-state index in [2.05, 4.69) is 31.8 Å². The zero-order valence-electron chi connectivity index (χ0n) is 16.3. The van der Waals surface area contributed by atoms with Crippen molar-refractivity contribution < 1.29 is 9.32 Å². The number of carbonyl (C=O) groups is 1. The van der Waals surface area contributed by atoms with E-state index in [1.165, 1.54) is 0 Å². The van der Waals surface area contributed by atoms with Crippen LogP contribution >= 0.6 is 0 Å². The van der Waals surface area contributed by atoms with Crippen LogP contribution in [0.1, 0.15) is 48.8 Å². The molecule has 1 aliphatic heterocycles. The fourth-order valence-electron chi connectivity index (χ4n) is 3.80. The maximum Gasteiger partial charge on any atom is 0.230 e. The molecule has 9 nitrogen and oxygen atoms in total. The molecule has 1 fully saturated rings. The Morgan fingerprint density at radius 3 is 2.75 bits per heavy atom. The molecule has 0 aliphatic carbocycles. The molecular weight excluding hydrogens is 358 g/mol. The number of hydrogen-bond acceptors (Lipinski definition) is 6. The molecule has 0 atom stereocenters. The molecule has 148 valence electrons. The first kappa shape index (κ1) is 18.4. The number of nitrogens with zero attached hydrogens (tertiary/aromatic N) is 7. The van der Waals surface area contributed by atoms with Crippen molar-refractivity contribution in [2.45, 2.75) is 52.1 Å². The number of likely N-dealkylation sites (tertiary alicyclic amines) is 1. The van der Waals surface area contributed by atoms with Crippen LogP contribution in [0.25, 0.3) is 0 Å². The SMILES string of the molecule is CCn1c(Cn2ccnc2)nnc1C1CCN(C(=O)Cc2cc(C)no2)CC1. The van der Waals surface area contributed by atoms with Crippen LogP contribution in [0.4, 0.5) is 0 Å².